The van der Waals surface area contributed by atoms with Crippen LogP contribution in [0.1, 0.15) is 19.8 Å². The predicted octanol–water partition coefficient (Wildman–Crippen LogP) is -0.262. The standard InChI is InChI=1S/C9H18N4O/c1-7-5-12-4-2-3-8(12)6-13(7)9(14)11-10/h7-8H,2-6,10H2,1H3,(H,11,14). The Morgan fingerprint density at radius 1 is 1.50 bits per heavy atom. The molecule has 3 N–H and O–H groups in total. The molecule has 2 atom stereocenters. The van der Waals surface area contributed by atoms with E-state index in [2.05, 4.69) is 17.2 Å². The van der Waals surface area contributed by atoms with Crippen molar-refractivity contribution in [1.82, 2.24) is 15.2 Å². The van der Waals surface area contributed by atoms with Crippen molar-refractivity contribution in [2.45, 2.75) is 31.8 Å². The molecule has 2 aliphatic heterocycles. The molecule has 0 aromatic carbocycles. The van der Waals surface area contributed by atoms with E-state index < -0.39 is 0 Å². The average molecular weight is 198 g/mol. The molecule has 5 nitrogen and oxygen atoms in total. The normalized spacial score (nSPS) is 32.9. The number of nitrogens with zero attached hydrogens (tertiary/aromatic N) is 2. The summed E-state index contributed by atoms with van der Waals surface area (Å²) in [6.07, 6.45) is 2.47. The van der Waals surface area contributed by atoms with E-state index in [1.54, 1.807) is 0 Å². The zero-order chi connectivity index (χ0) is 10.1. The second-order valence-corrected chi connectivity index (χ2v) is 4.24. The number of piperazine rings is 1. The van der Waals surface area contributed by atoms with E-state index in [9.17, 15) is 4.79 Å². The van der Waals surface area contributed by atoms with E-state index in [0.717, 1.165) is 13.1 Å². The van der Waals surface area contributed by atoms with Gasteiger partial charge in [-0.15, -0.1) is 0 Å². The molecule has 0 saturated carbocycles. The molecule has 0 aromatic rings. The number of urea groups is 1. The van der Waals surface area contributed by atoms with E-state index in [1.165, 1.54) is 19.4 Å². The SMILES string of the molecule is CC1CN2CCCC2CN1C(=O)NN. The van der Waals surface area contributed by atoms with Crippen molar-refractivity contribution in [1.29, 1.82) is 0 Å². The molecule has 0 aliphatic carbocycles. The minimum atomic E-state index is -0.149. The Bertz CT molecular complexity index is 233. The smallest absolute Gasteiger partial charge is 0.318 e. The van der Waals surface area contributed by atoms with Crippen LogP contribution >= 0.6 is 0 Å². The van der Waals surface area contributed by atoms with Gasteiger partial charge in [0.05, 0.1) is 0 Å². The Hall–Kier alpha value is -0.810. The molecule has 2 rings (SSSR count). The summed E-state index contributed by atoms with van der Waals surface area (Å²) in [4.78, 5) is 15.8. The van der Waals surface area contributed by atoms with Crippen LogP contribution in [-0.4, -0.2) is 47.5 Å². The summed E-state index contributed by atoms with van der Waals surface area (Å²) in [6.45, 7) is 5.07. The van der Waals surface area contributed by atoms with Crippen LogP contribution in [-0.2, 0) is 0 Å². The molecule has 5 heteroatoms. The molecule has 2 amide bonds. The molecule has 0 bridgehead atoms. The second kappa shape index (κ2) is 3.74. The first-order valence-electron chi connectivity index (χ1n) is 5.23. The lowest BCUT2D eigenvalue weighted by atomic mass is 10.1. The third kappa shape index (κ3) is 1.57. The van der Waals surface area contributed by atoms with E-state index in [-0.39, 0.29) is 12.1 Å². The molecule has 2 aliphatic rings. The first-order chi connectivity index (χ1) is 6.72. The molecule has 80 valence electrons. The molecular formula is C9H18N4O. The van der Waals surface area contributed by atoms with Crippen LogP contribution < -0.4 is 11.3 Å². The quantitative estimate of drug-likeness (QED) is 0.320. The van der Waals surface area contributed by atoms with Gasteiger partial charge in [-0.05, 0) is 26.3 Å². The number of carbonyl (C=O) groups excluding carboxylic acids is 1. The Morgan fingerprint density at radius 2 is 2.29 bits per heavy atom. The van der Waals surface area contributed by atoms with Crippen LogP contribution in [0.15, 0.2) is 0 Å². The average Bonchev–Trinajstić information content (AvgIpc) is 2.62. The zero-order valence-corrected chi connectivity index (χ0v) is 8.57. The summed E-state index contributed by atoms with van der Waals surface area (Å²) in [7, 11) is 0. The highest BCUT2D eigenvalue weighted by molar-refractivity contribution is 5.74. The fraction of sp³-hybridized carbons (Fsp3) is 0.889. The fourth-order valence-electron chi connectivity index (χ4n) is 2.55. The van der Waals surface area contributed by atoms with Gasteiger partial charge in [0.15, 0.2) is 0 Å². The van der Waals surface area contributed by atoms with E-state index in [4.69, 9.17) is 5.84 Å². The third-order valence-corrected chi connectivity index (χ3v) is 3.32. The number of hydrazine groups is 1. The van der Waals surface area contributed by atoms with Crippen molar-refractivity contribution >= 4 is 6.03 Å². The Morgan fingerprint density at radius 3 is 3.00 bits per heavy atom. The number of carbonyl (C=O) groups is 1. The van der Waals surface area contributed by atoms with Gasteiger partial charge in [-0.2, -0.15) is 0 Å². The Kier molecular flexibility index (Phi) is 2.60. The molecule has 2 fully saturated rings. The number of hydrogen-bond acceptors (Lipinski definition) is 3. The topological polar surface area (TPSA) is 61.6 Å². The molecule has 0 radical (unpaired) electrons. The van der Waals surface area contributed by atoms with Crippen molar-refractivity contribution in [2.24, 2.45) is 5.84 Å². The zero-order valence-electron chi connectivity index (χ0n) is 8.57. The largest absolute Gasteiger partial charge is 0.331 e. The summed E-state index contributed by atoms with van der Waals surface area (Å²) in [5, 5.41) is 0. The van der Waals surface area contributed by atoms with Crippen LogP contribution in [0.4, 0.5) is 4.79 Å². The van der Waals surface area contributed by atoms with Crippen LogP contribution in [0.3, 0.4) is 0 Å². The highest BCUT2D eigenvalue weighted by Gasteiger charge is 2.36. The minimum absolute atomic E-state index is 0.149. The highest BCUT2D eigenvalue weighted by atomic mass is 16.2. The third-order valence-electron chi connectivity index (χ3n) is 3.32. The lowest BCUT2D eigenvalue weighted by Crippen LogP contribution is -2.59. The molecule has 2 unspecified atom stereocenters. The van der Waals surface area contributed by atoms with Gasteiger partial charge in [0.1, 0.15) is 0 Å². The first-order valence-corrected chi connectivity index (χ1v) is 5.23. The van der Waals surface area contributed by atoms with Gasteiger partial charge >= 0.3 is 6.03 Å². The lowest BCUT2D eigenvalue weighted by molar-refractivity contribution is 0.0804. The van der Waals surface area contributed by atoms with Crippen molar-refractivity contribution in [3.05, 3.63) is 0 Å². The van der Waals surface area contributed by atoms with Crippen molar-refractivity contribution in [2.75, 3.05) is 19.6 Å². The van der Waals surface area contributed by atoms with Crippen molar-refractivity contribution in [3.63, 3.8) is 0 Å². The summed E-state index contributed by atoms with van der Waals surface area (Å²) >= 11 is 0. The van der Waals surface area contributed by atoms with Gasteiger partial charge in [0.2, 0.25) is 0 Å². The summed E-state index contributed by atoms with van der Waals surface area (Å²) < 4.78 is 0. The maximum absolute atomic E-state index is 11.4. The summed E-state index contributed by atoms with van der Waals surface area (Å²) in [6, 6.07) is 0.681. The van der Waals surface area contributed by atoms with Gasteiger partial charge in [-0.3, -0.25) is 10.3 Å². The van der Waals surface area contributed by atoms with Gasteiger partial charge < -0.3 is 4.90 Å². The molecule has 0 spiro atoms. The van der Waals surface area contributed by atoms with Gasteiger partial charge in [0.25, 0.3) is 0 Å². The van der Waals surface area contributed by atoms with Crippen molar-refractivity contribution < 1.29 is 4.79 Å². The molecule has 2 heterocycles. The predicted molar refractivity (Wildman–Crippen MR) is 53.5 cm³/mol. The Labute approximate surface area is 84.2 Å². The summed E-state index contributed by atoms with van der Waals surface area (Å²) in [5.41, 5.74) is 2.21. The Balaban J connectivity index is 2.02. The van der Waals surface area contributed by atoms with E-state index >= 15 is 0 Å². The number of hydrogen-bond donors (Lipinski definition) is 2. The maximum atomic E-state index is 11.4. The minimum Gasteiger partial charge on any atom is -0.318 e. The number of nitrogens with one attached hydrogen (secondary N) is 1. The molecule has 14 heavy (non-hydrogen) atoms. The van der Waals surface area contributed by atoms with Crippen LogP contribution in [0.5, 0.6) is 0 Å². The number of rotatable bonds is 0. The van der Waals surface area contributed by atoms with Gasteiger partial charge in [0, 0.05) is 25.2 Å². The van der Waals surface area contributed by atoms with E-state index in [1.807, 2.05) is 4.90 Å². The number of fused-ring (bicyclic) bond motifs is 1. The monoisotopic (exact) mass is 198 g/mol. The van der Waals surface area contributed by atoms with Crippen LogP contribution in [0.25, 0.3) is 0 Å². The van der Waals surface area contributed by atoms with Gasteiger partial charge in [-0.1, -0.05) is 0 Å². The lowest BCUT2D eigenvalue weighted by Gasteiger charge is -2.41. The maximum Gasteiger partial charge on any atom is 0.331 e. The van der Waals surface area contributed by atoms with E-state index in [0.29, 0.717) is 6.04 Å². The van der Waals surface area contributed by atoms with Gasteiger partial charge in [-0.25, -0.2) is 10.6 Å². The summed E-state index contributed by atoms with van der Waals surface area (Å²) in [5.74, 6) is 5.15. The number of amides is 2. The highest BCUT2D eigenvalue weighted by Crippen LogP contribution is 2.24. The molecule has 0 aromatic heterocycles. The first kappa shape index (κ1) is 9.73. The molecule has 2 saturated heterocycles. The number of nitrogens with two attached hydrogens (primary N) is 1. The van der Waals surface area contributed by atoms with Crippen LogP contribution in [0, 0.1) is 0 Å². The molecular weight excluding hydrogens is 180 g/mol. The van der Waals surface area contributed by atoms with Crippen molar-refractivity contribution in [3.8, 4) is 0 Å². The second-order valence-electron chi connectivity index (χ2n) is 4.24. The van der Waals surface area contributed by atoms with Crippen LogP contribution in [0.2, 0.25) is 0 Å². The fourth-order valence-corrected chi connectivity index (χ4v) is 2.55.